The summed E-state index contributed by atoms with van der Waals surface area (Å²) in [4.78, 5) is 2.34. The molecule has 0 spiro atoms. The fourth-order valence-electron chi connectivity index (χ4n) is 1.64. The Balaban J connectivity index is 2.27. The van der Waals surface area contributed by atoms with Crippen molar-refractivity contribution in [3.05, 3.63) is 28.2 Å². The van der Waals surface area contributed by atoms with E-state index in [4.69, 9.17) is 5.26 Å². The molecular weight excluding hydrogens is 272 g/mol. The maximum absolute atomic E-state index is 8.89. The summed E-state index contributed by atoms with van der Waals surface area (Å²) in [5.74, 6) is 2.35. The van der Waals surface area contributed by atoms with Gasteiger partial charge in [0.25, 0.3) is 0 Å². The van der Waals surface area contributed by atoms with Gasteiger partial charge in [0.05, 0.1) is 11.6 Å². The highest BCUT2D eigenvalue weighted by Gasteiger charge is 2.12. The first-order valence-electron chi connectivity index (χ1n) is 4.83. The summed E-state index contributed by atoms with van der Waals surface area (Å²) in [6.07, 6.45) is 0. The first-order valence-corrected chi connectivity index (χ1v) is 6.78. The van der Waals surface area contributed by atoms with Gasteiger partial charge in [-0.1, -0.05) is 15.9 Å². The maximum Gasteiger partial charge on any atom is 0.0992 e. The normalized spacial score (nSPS) is 16.1. The first-order chi connectivity index (χ1) is 7.29. The summed E-state index contributed by atoms with van der Waals surface area (Å²) in [6.45, 7) is 2.15. The predicted molar refractivity (Wildman–Crippen MR) is 68.4 cm³/mol. The second kappa shape index (κ2) is 4.91. The van der Waals surface area contributed by atoms with Crippen LogP contribution in [-0.2, 0) is 0 Å². The Bertz CT molecular complexity index is 394. The molecule has 2 nitrogen and oxygen atoms in total. The minimum Gasteiger partial charge on any atom is -0.370 e. The summed E-state index contributed by atoms with van der Waals surface area (Å²) in [5, 5.41) is 8.89. The Morgan fingerprint density at radius 2 is 2.00 bits per heavy atom. The molecule has 0 bridgehead atoms. The zero-order valence-electron chi connectivity index (χ0n) is 8.24. The number of halogens is 1. The van der Waals surface area contributed by atoms with Gasteiger partial charge in [-0.2, -0.15) is 17.0 Å². The number of anilines is 1. The third-order valence-electron chi connectivity index (χ3n) is 2.39. The molecule has 4 heteroatoms. The van der Waals surface area contributed by atoms with Crippen molar-refractivity contribution in [2.45, 2.75) is 0 Å². The van der Waals surface area contributed by atoms with Gasteiger partial charge in [0.1, 0.15) is 0 Å². The molecule has 0 unspecified atom stereocenters. The van der Waals surface area contributed by atoms with Gasteiger partial charge in [0, 0.05) is 34.8 Å². The predicted octanol–water partition coefficient (Wildman–Crippen LogP) is 2.87. The molecule has 0 atom stereocenters. The molecule has 1 fully saturated rings. The molecule has 78 valence electrons. The Kier molecular flexibility index (Phi) is 3.55. The summed E-state index contributed by atoms with van der Waals surface area (Å²) in [7, 11) is 0. The fraction of sp³-hybridized carbons (Fsp3) is 0.364. The second-order valence-electron chi connectivity index (χ2n) is 3.41. The zero-order chi connectivity index (χ0) is 10.7. The van der Waals surface area contributed by atoms with Crippen LogP contribution in [0, 0.1) is 11.3 Å². The van der Waals surface area contributed by atoms with E-state index >= 15 is 0 Å². The average molecular weight is 283 g/mol. The van der Waals surface area contributed by atoms with E-state index in [9.17, 15) is 0 Å². The Hall–Kier alpha value is -0.660. The SMILES string of the molecule is N#Cc1cc(Br)cc(N2CCSCC2)c1. The molecule has 1 aliphatic rings. The van der Waals surface area contributed by atoms with E-state index in [0.717, 1.165) is 28.8 Å². The lowest BCUT2D eigenvalue weighted by molar-refractivity contribution is 0.858. The molecule has 0 radical (unpaired) electrons. The van der Waals surface area contributed by atoms with Gasteiger partial charge >= 0.3 is 0 Å². The van der Waals surface area contributed by atoms with Crippen LogP contribution in [-0.4, -0.2) is 24.6 Å². The average Bonchev–Trinajstić information content (AvgIpc) is 2.29. The van der Waals surface area contributed by atoms with E-state index < -0.39 is 0 Å². The van der Waals surface area contributed by atoms with E-state index in [2.05, 4.69) is 33.0 Å². The quantitative estimate of drug-likeness (QED) is 0.793. The minimum atomic E-state index is 0.720. The summed E-state index contributed by atoms with van der Waals surface area (Å²) >= 11 is 5.43. The van der Waals surface area contributed by atoms with Crippen LogP contribution in [0.2, 0.25) is 0 Å². The van der Waals surface area contributed by atoms with Crippen molar-refractivity contribution in [2.24, 2.45) is 0 Å². The molecule has 1 aliphatic heterocycles. The van der Waals surface area contributed by atoms with Gasteiger partial charge < -0.3 is 4.90 Å². The van der Waals surface area contributed by atoms with Crippen molar-refractivity contribution in [1.82, 2.24) is 0 Å². The molecule has 2 rings (SSSR count). The Labute approximate surface area is 102 Å². The molecule has 15 heavy (non-hydrogen) atoms. The van der Waals surface area contributed by atoms with Crippen LogP contribution in [0.1, 0.15) is 5.56 Å². The second-order valence-corrected chi connectivity index (χ2v) is 5.55. The van der Waals surface area contributed by atoms with Crippen LogP contribution in [0.4, 0.5) is 5.69 Å². The summed E-state index contributed by atoms with van der Waals surface area (Å²) in [6, 6.07) is 8.07. The number of benzene rings is 1. The van der Waals surface area contributed by atoms with Crippen LogP contribution >= 0.6 is 27.7 Å². The van der Waals surface area contributed by atoms with E-state index in [1.54, 1.807) is 0 Å². The summed E-state index contributed by atoms with van der Waals surface area (Å²) in [5.41, 5.74) is 1.87. The van der Waals surface area contributed by atoms with Gasteiger partial charge in [-0.25, -0.2) is 0 Å². The molecule has 1 heterocycles. The maximum atomic E-state index is 8.89. The molecular formula is C11H11BrN2S. The van der Waals surface area contributed by atoms with E-state index in [-0.39, 0.29) is 0 Å². The largest absolute Gasteiger partial charge is 0.370 e. The number of rotatable bonds is 1. The van der Waals surface area contributed by atoms with E-state index in [0.29, 0.717) is 0 Å². The first kappa shape index (κ1) is 10.8. The van der Waals surface area contributed by atoms with Crippen molar-refractivity contribution in [1.29, 1.82) is 5.26 Å². The van der Waals surface area contributed by atoms with Crippen molar-refractivity contribution < 1.29 is 0 Å². The number of nitrogens with zero attached hydrogens (tertiary/aromatic N) is 2. The topological polar surface area (TPSA) is 27.0 Å². The van der Waals surface area contributed by atoms with Gasteiger partial charge in [-0.3, -0.25) is 0 Å². The highest BCUT2D eigenvalue weighted by molar-refractivity contribution is 9.10. The highest BCUT2D eigenvalue weighted by Crippen LogP contribution is 2.24. The summed E-state index contributed by atoms with van der Waals surface area (Å²) < 4.78 is 0.981. The molecule has 0 aromatic heterocycles. The van der Waals surface area contributed by atoms with E-state index in [1.165, 1.54) is 11.5 Å². The van der Waals surface area contributed by atoms with Crippen molar-refractivity contribution in [3.63, 3.8) is 0 Å². The lowest BCUT2D eigenvalue weighted by Crippen LogP contribution is -2.32. The van der Waals surface area contributed by atoms with Crippen LogP contribution in [0.15, 0.2) is 22.7 Å². The third kappa shape index (κ3) is 2.67. The van der Waals surface area contributed by atoms with Gasteiger partial charge in [-0.15, -0.1) is 0 Å². The standard InChI is InChI=1S/C11H11BrN2S/c12-10-5-9(8-13)6-11(7-10)14-1-3-15-4-2-14/h5-7H,1-4H2. The third-order valence-corrected chi connectivity index (χ3v) is 3.79. The van der Waals surface area contributed by atoms with Crippen LogP contribution < -0.4 is 4.90 Å². The van der Waals surface area contributed by atoms with Crippen LogP contribution in [0.5, 0.6) is 0 Å². The smallest absolute Gasteiger partial charge is 0.0992 e. The van der Waals surface area contributed by atoms with Crippen molar-refractivity contribution in [3.8, 4) is 6.07 Å². The number of thioether (sulfide) groups is 1. The Morgan fingerprint density at radius 1 is 1.27 bits per heavy atom. The molecule has 1 saturated heterocycles. The van der Waals surface area contributed by atoms with Crippen LogP contribution in [0.25, 0.3) is 0 Å². The van der Waals surface area contributed by atoms with Crippen molar-refractivity contribution >= 4 is 33.4 Å². The minimum absolute atomic E-state index is 0.720. The van der Waals surface area contributed by atoms with Crippen LogP contribution in [0.3, 0.4) is 0 Å². The number of hydrogen-bond donors (Lipinski definition) is 0. The molecule has 0 N–H and O–H groups in total. The molecule has 1 aromatic rings. The number of hydrogen-bond acceptors (Lipinski definition) is 3. The van der Waals surface area contributed by atoms with Gasteiger partial charge in [0.2, 0.25) is 0 Å². The molecule has 0 saturated carbocycles. The van der Waals surface area contributed by atoms with Gasteiger partial charge in [0.15, 0.2) is 0 Å². The highest BCUT2D eigenvalue weighted by atomic mass is 79.9. The molecule has 0 amide bonds. The lowest BCUT2D eigenvalue weighted by Gasteiger charge is -2.28. The van der Waals surface area contributed by atoms with Crippen molar-refractivity contribution in [2.75, 3.05) is 29.5 Å². The monoisotopic (exact) mass is 282 g/mol. The molecule has 1 aromatic carbocycles. The zero-order valence-corrected chi connectivity index (χ0v) is 10.6. The molecule has 0 aliphatic carbocycles. The lowest BCUT2D eigenvalue weighted by atomic mass is 10.2. The van der Waals surface area contributed by atoms with Gasteiger partial charge in [-0.05, 0) is 18.2 Å². The number of nitriles is 1. The van der Waals surface area contributed by atoms with E-state index in [1.807, 2.05) is 23.9 Å². The Morgan fingerprint density at radius 3 is 2.67 bits per heavy atom. The fourth-order valence-corrected chi connectivity index (χ4v) is 3.03.